The highest BCUT2D eigenvalue weighted by molar-refractivity contribution is 9.08. The largest absolute Gasteiger partial charge is 0.381 e. The Bertz CT molecular complexity index is 2480. The Morgan fingerprint density at radius 3 is 1.49 bits per heavy atom. The van der Waals surface area contributed by atoms with E-state index >= 15 is 0 Å². The average Bonchev–Trinajstić information content (AvgIpc) is 3.27. The number of halogens is 1. The molecule has 4 amide bonds. The molecule has 0 spiro atoms. The van der Waals surface area contributed by atoms with Gasteiger partial charge in [-0.25, -0.2) is 9.97 Å². The van der Waals surface area contributed by atoms with Gasteiger partial charge < -0.3 is 30.7 Å². The van der Waals surface area contributed by atoms with Gasteiger partial charge in [0.2, 0.25) is 0 Å². The van der Waals surface area contributed by atoms with Crippen molar-refractivity contribution < 1.29 is 28.7 Å². The first-order chi connectivity index (χ1) is 28.8. The smallest absolute Gasteiger partial charge is 0.272 e. The summed E-state index contributed by atoms with van der Waals surface area (Å²) in [7, 11) is 0. The van der Waals surface area contributed by atoms with Gasteiger partial charge >= 0.3 is 0 Å². The van der Waals surface area contributed by atoms with Gasteiger partial charge in [-0.15, -0.1) is 0 Å². The number of carbonyl (C=O) groups excluding carboxylic acids is 4. The van der Waals surface area contributed by atoms with Crippen molar-refractivity contribution in [2.45, 2.75) is 50.0 Å². The average molecular weight is 858 g/mol. The monoisotopic (exact) mass is 856 g/mol. The van der Waals surface area contributed by atoms with Gasteiger partial charge in [-0.1, -0.05) is 76.6 Å². The minimum absolute atomic E-state index is 0.0533. The molecule has 0 unspecified atom stereocenters. The molecule has 0 saturated carbocycles. The van der Waals surface area contributed by atoms with Crippen LogP contribution < -0.4 is 21.3 Å². The van der Waals surface area contributed by atoms with E-state index in [-0.39, 0.29) is 47.1 Å². The van der Waals surface area contributed by atoms with E-state index in [0.29, 0.717) is 54.3 Å². The molecule has 2 aliphatic rings. The molecule has 0 atom stereocenters. The van der Waals surface area contributed by atoms with Crippen LogP contribution in [0.4, 0.5) is 11.4 Å². The summed E-state index contributed by atoms with van der Waals surface area (Å²) in [5.74, 6) is -1.13. The van der Waals surface area contributed by atoms with Crippen molar-refractivity contribution in [3.8, 4) is 0 Å². The topological polar surface area (TPSA) is 161 Å². The number of alkyl halides is 1. The summed E-state index contributed by atoms with van der Waals surface area (Å²) >= 11 is 3.50. The van der Waals surface area contributed by atoms with Crippen LogP contribution in [-0.2, 0) is 14.8 Å². The number of rotatable bonds is 9. The van der Waals surface area contributed by atoms with E-state index < -0.39 is 0 Å². The second kappa shape index (κ2) is 19.6. The lowest BCUT2D eigenvalue weighted by Gasteiger charge is -2.23. The molecule has 4 heterocycles. The lowest BCUT2D eigenvalue weighted by molar-refractivity contribution is 0.0688. The fourth-order valence-corrected chi connectivity index (χ4v) is 7.76. The molecule has 2 fully saturated rings. The highest BCUT2D eigenvalue weighted by Gasteiger charge is 2.23. The molecule has 0 aliphatic carbocycles. The van der Waals surface area contributed by atoms with Crippen molar-refractivity contribution in [3.63, 3.8) is 0 Å². The predicted molar refractivity (Wildman–Crippen MR) is 232 cm³/mol. The maximum absolute atomic E-state index is 13.1. The van der Waals surface area contributed by atoms with Gasteiger partial charge in [0.25, 0.3) is 23.6 Å². The van der Waals surface area contributed by atoms with Crippen LogP contribution in [0.3, 0.4) is 0 Å². The van der Waals surface area contributed by atoms with E-state index in [4.69, 9.17) is 9.47 Å². The minimum Gasteiger partial charge on any atom is -0.381 e. The first-order valence-corrected chi connectivity index (χ1v) is 20.8. The third kappa shape index (κ3) is 9.99. The number of anilines is 2. The predicted octanol–water partition coefficient (Wildman–Crippen LogP) is 8.00. The number of aryl methyl sites for hydroxylation is 1. The zero-order valence-corrected chi connectivity index (χ0v) is 34.2. The molecule has 4 aromatic carbocycles. The molecule has 2 aliphatic heterocycles. The molecule has 12 nitrogen and oxygen atoms in total. The van der Waals surface area contributed by atoms with E-state index in [1.807, 2.05) is 79.7 Å². The van der Waals surface area contributed by atoms with Crippen LogP contribution in [0.15, 0.2) is 109 Å². The lowest BCUT2D eigenvalue weighted by atomic mass is 10.00. The third-order valence-corrected chi connectivity index (χ3v) is 11.0. The van der Waals surface area contributed by atoms with Gasteiger partial charge in [-0.3, -0.25) is 19.2 Å². The standard InChI is InChI=1S/C23H22BrN3O3.C23H23N3O3/c24-14-15-7-8-19(18-5-2-1-4-17(15)18)22(28)27-20-6-3-11-25-21(20)23(29)26-16-9-12-30-13-10-16;1-15-8-9-19(18-6-3-2-5-17(15)18)22(27)26-20-7-4-12-24-21(20)23(28)25-16-10-13-29-14-11-16/h1-8,11,16H,9-10,12-14H2,(H,26,29)(H,27,28);2-9,12,16H,10-11,13-14H2,1H3,(H,25,28)(H,26,27). The van der Waals surface area contributed by atoms with Crippen LogP contribution >= 0.6 is 15.9 Å². The molecule has 2 aromatic heterocycles. The Labute approximate surface area is 350 Å². The van der Waals surface area contributed by atoms with E-state index in [1.165, 1.54) is 0 Å². The lowest BCUT2D eigenvalue weighted by Crippen LogP contribution is -2.39. The maximum Gasteiger partial charge on any atom is 0.272 e. The molecule has 2 saturated heterocycles. The summed E-state index contributed by atoms with van der Waals surface area (Å²) in [6.07, 6.45) is 6.19. The SMILES string of the molecule is Cc1ccc(C(=O)Nc2cccnc2C(=O)NC2CCOCC2)c2ccccc12.O=C(NC1CCOCC1)c1ncccc1NC(=O)c1ccc(CBr)c2ccccc12. The minimum atomic E-state index is -0.294. The Morgan fingerprint density at radius 2 is 1.00 bits per heavy atom. The number of nitrogens with zero attached hydrogens (tertiary/aromatic N) is 2. The fourth-order valence-electron chi connectivity index (χ4n) is 7.27. The number of aromatic nitrogens is 2. The Hall–Kier alpha value is -6.02. The second-order valence-corrected chi connectivity index (χ2v) is 14.9. The second-order valence-electron chi connectivity index (χ2n) is 14.4. The van der Waals surface area contributed by atoms with Gasteiger partial charge in [-0.05, 0) is 102 Å². The first-order valence-electron chi connectivity index (χ1n) is 19.7. The van der Waals surface area contributed by atoms with Crippen LogP contribution in [0.2, 0.25) is 0 Å². The number of hydrogen-bond acceptors (Lipinski definition) is 8. The Morgan fingerprint density at radius 1 is 0.559 bits per heavy atom. The summed E-state index contributed by atoms with van der Waals surface area (Å²) in [4.78, 5) is 60.1. The van der Waals surface area contributed by atoms with Gasteiger partial charge in [0.1, 0.15) is 0 Å². The summed E-state index contributed by atoms with van der Waals surface area (Å²) in [5.41, 5.74) is 4.53. The van der Waals surface area contributed by atoms with E-state index in [0.717, 1.165) is 58.4 Å². The number of benzene rings is 4. The van der Waals surface area contributed by atoms with Crippen LogP contribution in [0.5, 0.6) is 0 Å². The molecular formula is C46H45BrN6O6. The Balaban J connectivity index is 0.000000179. The fraction of sp³-hybridized carbons (Fsp3) is 0.261. The van der Waals surface area contributed by atoms with Crippen molar-refractivity contribution in [1.82, 2.24) is 20.6 Å². The van der Waals surface area contributed by atoms with Gasteiger partial charge in [0.15, 0.2) is 11.4 Å². The Kier molecular flexibility index (Phi) is 13.7. The highest BCUT2D eigenvalue weighted by Crippen LogP contribution is 2.27. The van der Waals surface area contributed by atoms with Crippen molar-refractivity contribution in [2.75, 3.05) is 37.1 Å². The quantitative estimate of drug-likeness (QED) is 0.107. The van der Waals surface area contributed by atoms with Crippen molar-refractivity contribution >= 4 is 72.5 Å². The number of carbonyl (C=O) groups is 4. The third-order valence-electron chi connectivity index (χ3n) is 10.4. The number of amides is 4. The van der Waals surface area contributed by atoms with Crippen LogP contribution in [0.25, 0.3) is 21.5 Å². The molecular weight excluding hydrogens is 812 g/mol. The molecule has 302 valence electrons. The van der Waals surface area contributed by atoms with Crippen molar-refractivity contribution in [1.29, 1.82) is 0 Å². The van der Waals surface area contributed by atoms with E-state index in [1.54, 1.807) is 36.7 Å². The summed E-state index contributed by atoms with van der Waals surface area (Å²) in [6.45, 7) is 4.56. The van der Waals surface area contributed by atoms with Gasteiger partial charge in [0.05, 0.1) is 11.4 Å². The highest BCUT2D eigenvalue weighted by atomic mass is 79.9. The molecule has 0 bridgehead atoms. The molecule has 59 heavy (non-hydrogen) atoms. The van der Waals surface area contributed by atoms with Gasteiger partial charge in [-0.2, -0.15) is 0 Å². The summed E-state index contributed by atoms with van der Waals surface area (Å²) in [5, 5.41) is 16.2. The number of nitrogens with one attached hydrogen (secondary N) is 4. The molecule has 13 heteroatoms. The number of pyridine rings is 2. The summed E-state index contributed by atoms with van der Waals surface area (Å²) < 4.78 is 10.7. The molecule has 0 radical (unpaired) electrons. The summed E-state index contributed by atoms with van der Waals surface area (Å²) in [6, 6.07) is 30.0. The van der Waals surface area contributed by atoms with Crippen molar-refractivity contribution in [2.24, 2.45) is 0 Å². The van der Waals surface area contributed by atoms with Crippen LogP contribution in [0, 0.1) is 6.92 Å². The molecule has 4 N–H and O–H groups in total. The number of ether oxygens (including phenoxy) is 2. The zero-order chi connectivity index (χ0) is 41.1. The van der Waals surface area contributed by atoms with E-state index in [2.05, 4.69) is 47.2 Å². The maximum atomic E-state index is 13.1. The van der Waals surface area contributed by atoms with Crippen LogP contribution in [0.1, 0.15) is 78.5 Å². The van der Waals surface area contributed by atoms with Crippen molar-refractivity contribution in [3.05, 3.63) is 143 Å². The van der Waals surface area contributed by atoms with Gasteiger partial charge in [0, 0.05) is 67.4 Å². The van der Waals surface area contributed by atoms with E-state index in [9.17, 15) is 19.2 Å². The number of fused-ring (bicyclic) bond motifs is 2. The zero-order valence-electron chi connectivity index (χ0n) is 32.6. The molecule has 6 aromatic rings. The normalized spacial score (nSPS) is 14.5. The first kappa shape index (κ1) is 41.2. The molecule has 8 rings (SSSR count). The number of hydrogen-bond donors (Lipinski definition) is 4. The van der Waals surface area contributed by atoms with Crippen LogP contribution in [-0.4, -0.2) is 72.1 Å².